The number of aromatic nitrogens is 3. The Morgan fingerprint density at radius 1 is 1.06 bits per heavy atom. The van der Waals surface area contributed by atoms with Crippen LogP contribution in [0.3, 0.4) is 0 Å². The lowest BCUT2D eigenvalue weighted by atomic mass is 10.1. The number of benzene rings is 2. The number of halogens is 1. The normalized spacial score (nSPS) is 14.3. The molecule has 0 amide bonds. The van der Waals surface area contributed by atoms with Crippen molar-refractivity contribution < 1.29 is 4.39 Å². The molecule has 0 bridgehead atoms. The second kappa shape index (κ2) is 8.59. The maximum Gasteiger partial charge on any atom is 0.161 e. The summed E-state index contributed by atoms with van der Waals surface area (Å²) in [6, 6.07) is 12.5. The first-order valence-corrected chi connectivity index (χ1v) is 11.1. The number of aromatic amines is 1. The zero-order chi connectivity index (χ0) is 22.1. The van der Waals surface area contributed by atoms with Crippen molar-refractivity contribution in [1.29, 1.82) is 0 Å². The third-order valence-electron chi connectivity index (χ3n) is 5.94. The number of piperazine rings is 1. The molecule has 3 heterocycles. The molecular weight excluding hydrogens is 403 g/mol. The molecule has 1 aliphatic heterocycles. The van der Waals surface area contributed by atoms with Crippen LogP contribution in [0.5, 0.6) is 0 Å². The van der Waals surface area contributed by atoms with Gasteiger partial charge in [-0.1, -0.05) is 19.9 Å². The summed E-state index contributed by atoms with van der Waals surface area (Å²) in [5.74, 6) is 1.32. The average molecular weight is 431 g/mol. The first kappa shape index (κ1) is 20.5. The van der Waals surface area contributed by atoms with Crippen LogP contribution in [0.15, 0.2) is 54.9 Å². The molecule has 2 aromatic carbocycles. The molecule has 6 nitrogen and oxygen atoms in total. The Morgan fingerprint density at radius 2 is 1.84 bits per heavy atom. The number of anilines is 3. The molecule has 1 fully saturated rings. The zero-order valence-electron chi connectivity index (χ0n) is 18.3. The predicted molar refractivity (Wildman–Crippen MR) is 128 cm³/mol. The lowest BCUT2D eigenvalue weighted by Gasteiger charge is -2.29. The Labute approximate surface area is 186 Å². The van der Waals surface area contributed by atoms with Crippen LogP contribution in [0.25, 0.3) is 22.3 Å². The van der Waals surface area contributed by atoms with E-state index in [1.54, 1.807) is 12.1 Å². The van der Waals surface area contributed by atoms with Gasteiger partial charge in [0.15, 0.2) is 5.82 Å². The smallest absolute Gasteiger partial charge is 0.161 e. The molecule has 7 heteroatoms. The van der Waals surface area contributed by atoms with E-state index in [2.05, 4.69) is 57.7 Å². The van der Waals surface area contributed by atoms with Crippen LogP contribution in [0.4, 0.5) is 21.6 Å². The van der Waals surface area contributed by atoms with Gasteiger partial charge in [-0.05, 0) is 42.3 Å². The molecule has 32 heavy (non-hydrogen) atoms. The Balaban J connectivity index is 1.57. The van der Waals surface area contributed by atoms with Crippen LogP contribution in [0.1, 0.15) is 25.3 Å². The lowest BCUT2D eigenvalue weighted by Crippen LogP contribution is -2.43. The molecule has 0 unspecified atom stereocenters. The van der Waals surface area contributed by atoms with Gasteiger partial charge in [0.1, 0.15) is 11.6 Å². The summed E-state index contributed by atoms with van der Waals surface area (Å²) in [4.78, 5) is 15.2. The van der Waals surface area contributed by atoms with Gasteiger partial charge in [0, 0.05) is 60.6 Å². The third kappa shape index (κ3) is 3.91. The molecular formula is C25H27FN6. The van der Waals surface area contributed by atoms with E-state index in [-0.39, 0.29) is 11.7 Å². The second-order valence-corrected chi connectivity index (χ2v) is 8.42. The Kier molecular flexibility index (Phi) is 5.49. The van der Waals surface area contributed by atoms with Crippen LogP contribution in [0.2, 0.25) is 0 Å². The molecule has 1 saturated heterocycles. The van der Waals surface area contributed by atoms with Crippen LogP contribution < -0.4 is 15.5 Å². The minimum Gasteiger partial charge on any atom is -0.367 e. The van der Waals surface area contributed by atoms with Crippen molar-refractivity contribution in [1.82, 2.24) is 20.3 Å². The molecule has 0 saturated carbocycles. The molecule has 0 atom stereocenters. The zero-order valence-corrected chi connectivity index (χ0v) is 18.3. The first-order chi connectivity index (χ1) is 15.6. The summed E-state index contributed by atoms with van der Waals surface area (Å²) in [7, 11) is 0. The van der Waals surface area contributed by atoms with Crippen LogP contribution in [-0.2, 0) is 0 Å². The van der Waals surface area contributed by atoms with Gasteiger partial charge in [-0.15, -0.1) is 0 Å². The van der Waals surface area contributed by atoms with Gasteiger partial charge in [0.05, 0.1) is 11.4 Å². The summed E-state index contributed by atoms with van der Waals surface area (Å²) < 4.78 is 13.4. The minimum absolute atomic E-state index is 0.248. The van der Waals surface area contributed by atoms with Gasteiger partial charge in [-0.3, -0.25) is 0 Å². The van der Waals surface area contributed by atoms with E-state index in [4.69, 9.17) is 4.98 Å². The predicted octanol–water partition coefficient (Wildman–Crippen LogP) is 5.04. The lowest BCUT2D eigenvalue weighted by molar-refractivity contribution is 0.590. The van der Waals surface area contributed by atoms with E-state index in [1.165, 1.54) is 17.8 Å². The Morgan fingerprint density at radius 3 is 2.59 bits per heavy atom. The second-order valence-electron chi connectivity index (χ2n) is 8.42. The monoisotopic (exact) mass is 430 g/mol. The van der Waals surface area contributed by atoms with Crippen molar-refractivity contribution in [3.63, 3.8) is 0 Å². The molecule has 0 spiro atoms. The van der Waals surface area contributed by atoms with Crippen molar-refractivity contribution in [2.75, 3.05) is 36.4 Å². The number of rotatable bonds is 5. The van der Waals surface area contributed by atoms with Crippen LogP contribution >= 0.6 is 0 Å². The largest absolute Gasteiger partial charge is 0.367 e. The van der Waals surface area contributed by atoms with Crippen molar-refractivity contribution in [2.45, 2.75) is 19.8 Å². The topological polar surface area (TPSA) is 68.9 Å². The number of nitrogens with one attached hydrogen (secondary N) is 3. The number of hydrogen-bond acceptors (Lipinski definition) is 5. The molecule has 1 aliphatic rings. The van der Waals surface area contributed by atoms with Gasteiger partial charge in [0.2, 0.25) is 0 Å². The summed E-state index contributed by atoms with van der Waals surface area (Å²) >= 11 is 0. The van der Waals surface area contributed by atoms with E-state index in [0.29, 0.717) is 5.82 Å². The highest BCUT2D eigenvalue weighted by Crippen LogP contribution is 2.36. The first-order valence-electron chi connectivity index (χ1n) is 11.1. The van der Waals surface area contributed by atoms with Gasteiger partial charge < -0.3 is 20.5 Å². The highest BCUT2D eigenvalue weighted by atomic mass is 19.1. The molecule has 0 aliphatic carbocycles. The molecule has 5 rings (SSSR count). The summed E-state index contributed by atoms with van der Waals surface area (Å²) in [6.07, 6.45) is 3.96. The van der Waals surface area contributed by atoms with Gasteiger partial charge >= 0.3 is 0 Å². The van der Waals surface area contributed by atoms with E-state index in [1.807, 2.05) is 12.3 Å². The fourth-order valence-corrected chi connectivity index (χ4v) is 4.21. The molecule has 2 aromatic heterocycles. The maximum absolute atomic E-state index is 13.4. The highest BCUT2D eigenvalue weighted by Gasteiger charge is 2.19. The number of fused-ring (bicyclic) bond motifs is 1. The van der Waals surface area contributed by atoms with E-state index >= 15 is 0 Å². The van der Waals surface area contributed by atoms with Gasteiger partial charge in [-0.25, -0.2) is 14.4 Å². The minimum atomic E-state index is -0.273. The molecule has 0 radical (unpaired) electrons. The highest BCUT2D eigenvalue weighted by molar-refractivity contribution is 6.03. The number of nitrogens with zero attached hydrogens (tertiary/aromatic N) is 3. The Bertz CT molecular complexity index is 1230. The quantitative estimate of drug-likeness (QED) is 0.414. The van der Waals surface area contributed by atoms with E-state index in [0.717, 1.165) is 59.7 Å². The van der Waals surface area contributed by atoms with E-state index in [9.17, 15) is 4.39 Å². The summed E-state index contributed by atoms with van der Waals surface area (Å²) in [5, 5.41) is 8.17. The van der Waals surface area contributed by atoms with E-state index < -0.39 is 0 Å². The average Bonchev–Trinajstić information content (AvgIpc) is 3.25. The SMILES string of the molecule is CC(C)c1cnc(-c2ccc(F)cc2)nc1Nc1cccc2[nH]cc(N3CCNCC3)c12. The fourth-order valence-electron chi connectivity index (χ4n) is 4.21. The van der Waals surface area contributed by atoms with Crippen molar-refractivity contribution >= 4 is 28.1 Å². The van der Waals surface area contributed by atoms with Crippen LogP contribution in [-0.4, -0.2) is 41.1 Å². The van der Waals surface area contributed by atoms with Gasteiger partial charge in [0.25, 0.3) is 0 Å². The number of H-pyrrole nitrogens is 1. The third-order valence-corrected chi connectivity index (χ3v) is 5.94. The Hall–Kier alpha value is -3.45. The maximum atomic E-state index is 13.4. The number of hydrogen-bond donors (Lipinski definition) is 3. The molecule has 164 valence electrons. The standard InChI is InChI=1S/C25H27FN6/c1-16(2)19-14-29-24(17-6-8-18(26)9-7-17)31-25(19)30-21-5-3-4-20-23(21)22(15-28-20)32-12-10-27-11-13-32/h3-9,14-16,27-28H,10-13H2,1-2H3,(H,29,30,31). The fraction of sp³-hybridized carbons (Fsp3) is 0.280. The van der Waals surface area contributed by atoms with Crippen molar-refractivity contribution in [3.8, 4) is 11.4 Å². The van der Waals surface area contributed by atoms with Crippen molar-refractivity contribution in [3.05, 3.63) is 66.2 Å². The van der Waals surface area contributed by atoms with Crippen molar-refractivity contribution in [2.24, 2.45) is 0 Å². The molecule has 4 aromatic rings. The van der Waals surface area contributed by atoms with Crippen LogP contribution in [0, 0.1) is 5.82 Å². The summed E-state index contributed by atoms with van der Waals surface area (Å²) in [5.41, 5.74) is 5.10. The molecule has 3 N–H and O–H groups in total. The summed E-state index contributed by atoms with van der Waals surface area (Å²) in [6.45, 7) is 8.16. The van der Waals surface area contributed by atoms with Gasteiger partial charge in [-0.2, -0.15) is 0 Å².